The predicted octanol–water partition coefficient (Wildman–Crippen LogP) is 2.35. The molecule has 0 aliphatic carbocycles. The van der Waals surface area contributed by atoms with Gasteiger partial charge in [0.05, 0.1) is 0 Å². The van der Waals surface area contributed by atoms with Crippen molar-refractivity contribution < 1.29 is 4.39 Å². The molecule has 0 atom stereocenters. The van der Waals surface area contributed by atoms with Gasteiger partial charge in [0.25, 0.3) is 0 Å². The van der Waals surface area contributed by atoms with Crippen molar-refractivity contribution in [1.29, 1.82) is 0 Å². The summed E-state index contributed by atoms with van der Waals surface area (Å²) < 4.78 is 13.1. The first-order chi connectivity index (χ1) is 7.31. The van der Waals surface area contributed by atoms with Gasteiger partial charge in [-0.2, -0.15) is 0 Å². The van der Waals surface area contributed by atoms with Crippen molar-refractivity contribution in [3.8, 4) is 11.1 Å². The molecule has 0 saturated carbocycles. The van der Waals surface area contributed by atoms with Crippen LogP contribution in [0.5, 0.6) is 0 Å². The Kier molecular flexibility index (Phi) is 2.74. The van der Waals surface area contributed by atoms with Crippen molar-refractivity contribution >= 4 is 0 Å². The third-order valence-corrected chi connectivity index (χ3v) is 2.26. The maximum absolute atomic E-state index is 13.1. The molecule has 0 radical (unpaired) electrons. The number of hydrogen-bond donors (Lipinski definition) is 1. The third-order valence-electron chi connectivity index (χ3n) is 2.26. The van der Waals surface area contributed by atoms with Crippen LogP contribution in [-0.4, -0.2) is 4.98 Å². The molecular formula is C12H11FN2. The summed E-state index contributed by atoms with van der Waals surface area (Å²) in [5.74, 6) is -0.258. The molecule has 0 bridgehead atoms. The number of hydrogen-bond acceptors (Lipinski definition) is 2. The first kappa shape index (κ1) is 9.80. The van der Waals surface area contributed by atoms with Gasteiger partial charge < -0.3 is 5.73 Å². The van der Waals surface area contributed by atoms with Crippen molar-refractivity contribution in [2.24, 2.45) is 5.73 Å². The number of rotatable bonds is 2. The molecule has 0 fully saturated rings. The molecule has 0 spiro atoms. The van der Waals surface area contributed by atoms with Gasteiger partial charge in [-0.15, -0.1) is 0 Å². The van der Waals surface area contributed by atoms with Crippen LogP contribution in [-0.2, 0) is 6.54 Å². The fraction of sp³-hybridized carbons (Fsp3) is 0.0833. The van der Waals surface area contributed by atoms with Gasteiger partial charge >= 0.3 is 0 Å². The number of pyridine rings is 1. The minimum absolute atomic E-state index is 0.258. The molecule has 0 saturated heterocycles. The van der Waals surface area contributed by atoms with Crippen molar-refractivity contribution in [2.75, 3.05) is 0 Å². The zero-order chi connectivity index (χ0) is 10.7. The minimum atomic E-state index is -0.258. The predicted molar refractivity (Wildman–Crippen MR) is 57.5 cm³/mol. The second-order valence-corrected chi connectivity index (χ2v) is 3.25. The number of nitrogens with two attached hydrogens (primary N) is 1. The lowest BCUT2D eigenvalue weighted by molar-refractivity contribution is 0.627. The van der Waals surface area contributed by atoms with E-state index in [1.807, 2.05) is 12.1 Å². The van der Waals surface area contributed by atoms with Crippen LogP contribution in [0.25, 0.3) is 11.1 Å². The van der Waals surface area contributed by atoms with Gasteiger partial charge in [-0.05, 0) is 29.3 Å². The first-order valence-electron chi connectivity index (χ1n) is 4.70. The van der Waals surface area contributed by atoms with E-state index in [1.165, 1.54) is 12.1 Å². The van der Waals surface area contributed by atoms with Gasteiger partial charge in [-0.25, -0.2) is 4.39 Å². The molecule has 1 heterocycles. The highest BCUT2D eigenvalue weighted by Crippen LogP contribution is 2.23. The van der Waals surface area contributed by atoms with Gasteiger partial charge in [0.15, 0.2) is 0 Å². The molecule has 2 nitrogen and oxygen atoms in total. The Hall–Kier alpha value is -1.74. The van der Waals surface area contributed by atoms with Crippen LogP contribution < -0.4 is 5.73 Å². The summed E-state index contributed by atoms with van der Waals surface area (Å²) >= 11 is 0. The van der Waals surface area contributed by atoms with Crippen molar-refractivity contribution in [1.82, 2.24) is 4.98 Å². The quantitative estimate of drug-likeness (QED) is 0.811. The molecule has 0 aliphatic rings. The molecule has 0 unspecified atom stereocenters. The highest BCUT2D eigenvalue weighted by Gasteiger charge is 2.04. The normalized spacial score (nSPS) is 10.3. The molecular weight excluding hydrogens is 191 g/mol. The SMILES string of the molecule is NCc1ccc(F)cc1-c1cccnc1. The Morgan fingerprint density at radius 3 is 2.80 bits per heavy atom. The molecule has 76 valence electrons. The molecule has 1 aromatic heterocycles. The standard InChI is InChI=1S/C12H11FN2/c13-11-4-3-9(7-14)12(6-11)10-2-1-5-15-8-10/h1-6,8H,7,14H2. The van der Waals surface area contributed by atoms with Crippen LogP contribution in [0.3, 0.4) is 0 Å². The minimum Gasteiger partial charge on any atom is -0.326 e. The largest absolute Gasteiger partial charge is 0.326 e. The summed E-state index contributed by atoms with van der Waals surface area (Å²) in [5, 5.41) is 0. The second-order valence-electron chi connectivity index (χ2n) is 3.25. The van der Waals surface area contributed by atoms with Crippen LogP contribution in [0.1, 0.15) is 5.56 Å². The summed E-state index contributed by atoms with van der Waals surface area (Å²) in [4.78, 5) is 4.00. The van der Waals surface area contributed by atoms with E-state index in [0.717, 1.165) is 16.7 Å². The van der Waals surface area contributed by atoms with E-state index in [2.05, 4.69) is 4.98 Å². The molecule has 0 aliphatic heterocycles. The summed E-state index contributed by atoms with van der Waals surface area (Å²) in [6.45, 7) is 0.393. The third kappa shape index (κ3) is 2.02. The number of aromatic nitrogens is 1. The smallest absolute Gasteiger partial charge is 0.123 e. The van der Waals surface area contributed by atoms with Crippen molar-refractivity contribution in [2.45, 2.75) is 6.54 Å². The highest BCUT2D eigenvalue weighted by atomic mass is 19.1. The average molecular weight is 202 g/mol. The van der Waals surface area contributed by atoms with Crippen LogP contribution in [0.15, 0.2) is 42.7 Å². The molecule has 0 amide bonds. The fourth-order valence-corrected chi connectivity index (χ4v) is 1.52. The average Bonchev–Trinajstić information content (AvgIpc) is 2.30. The Bertz CT molecular complexity index is 454. The van der Waals surface area contributed by atoms with Gasteiger partial charge in [-0.3, -0.25) is 4.98 Å². The van der Waals surface area contributed by atoms with Gasteiger partial charge in [0.1, 0.15) is 5.82 Å². The van der Waals surface area contributed by atoms with Crippen molar-refractivity contribution in [3.05, 3.63) is 54.1 Å². The molecule has 2 aromatic rings. The zero-order valence-electron chi connectivity index (χ0n) is 8.15. The second kappa shape index (κ2) is 4.19. The van der Waals surface area contributed by atoms with E-state index >= 15 is 0 Å². The lowest BCUT2D eigenvalue weighted by Crippen LogP contribution is -1.99. The van der Waals surface area contributed by atoms with Gasteiger partial charge in [-0.1, -0.05) is 12.1 Å². The molecule has 1 aromatic carbocycles. The summed E-state index contributed by atoms with van der Waals surface area (Å²) in [7, 11) is 0. The maximum Gasteiger partial charge on any atom is 0.123 e. The Morgan fingerprint density at radius 2 is 2.13 bits per heavy atom. The molecule has 3 heteroatoms. The van der Waals surface area contributed by atoms with Crippen molar-refractivity contribution in [3.63, 3.8) is 0 Å². The van der Waals surface area contributed by atoms with E-state index in [0.29, 0.717) is 6.54 Å². The van der Waals surface area contributed by atoms with E-state index in [-0.39, 0.29) is 5.82 Å². The topological polar surface area (TPSA) is 38.9 Å². The Balaban J connectivity index is 2.56. The summed E-state index contributed by atoms with van der Waals surface area (Å²) in [5.41, 5.74) is 8.21. The number of benzene rings is 1. The van der Waals surface area contributed by atoms with E-state index in [4.69, 9.17) is 5.73 Å². The monoisotopic (exact) mass is 202 g/mol. The van der Waals surface area contributed by atoms with Crippen LogP contribution in [0.4, 0.5) is 4.39 Å². The van der Waals surface area contributed by atoms with E-state index < -0.39 is 0 Å². The van der Waals surface area contributed by atoms with Crippen LogP contribution >= 0.6 is 0 Å². The maximum atomic E-state index is 13.1. The van der Waals surface area contributed by atoms with Crippen LogP contribution in [0.2, 0.25) is 0 Å². The number of nitrogens with zero attached hydrogens (tertiary/aromatic N) is 1. The number of halogens is 1. The first-order valence-corrected chi connectivity index (χ1v) is 4.70. The summed E-state index contributed by atoms with van der Waals surface area (Å²) in [6.07, 6.45) is 3.39. The molecule has 2 N–H and O–H groups in total. The van der Waals surface area contributed by atoms with E-state index in [9.17, 15) is 4.39 Å². The van der Waals surface area contributed by atoms with Gasteiger partial charge in [0.2, 0.25) is 0 Å². The summed E-state index contributed by atoms with van der Waals surface area (Å²) in [6, 6.07) is 8.32. The Labute approximate surface area is 87.6 Å². The van der Waals surface area contributed by atoms with Gasteiger partial charge in [0, 0.05) is 24.5 Å². The lowest BCUT2D eigenvalue weighted by Gasteiger charge is -2.07. The zero-order valence-corrected chi connectivity index (χ0v) is 8.15. The lowest BCUT2D eigenvalue weighted by atomic mass is 10.0. The van der Waals surface area contributed by atoms with E-state index in [1.54, 1.807) is 18.5 Å². The molecule has 2 rings (SSSR count). The Morgan fingerprint density at radius 1 is 1.27 bits per heavy atom. The highest BCUT2D eigenvalue weighted by molar-refractivity contribution is 5.66. The fourth-order valence-electron chi connectivity index (χ4n) is 1.52. The van der Waals surface area contributed by atoms with Crippen LogP contribution in [0, 0.1) is 5.82 Å². The molecule has 15 heavy (non-hydrogen) atoms.